The van der Waals surface area contributed by atoms with Crippen molar-refractivity contribution in [1.29, 1.82) is 0 Å². The van der Waals surface area contributed by atoms with Crippen LogP contribution in [0, 0.1) is 11.8 Å². The topological polar surface area (TPSA) is 122 Å². The number of anilines is 2. The fourth-order valence-electron chi connectivity index (χ4n) is 5.00. The molecule has 148 valence electrons. The lowest BCUT2D eigenvalue weighted by Gasteiger charge is -2.56. The van der Waals surface area contributed by atoms with Crippen LogP contribution in [0.25, 0.3) is 0 Å². The standard InChI is InChI=1S/C17H26N6O3S/c1-27(25,26)20-8-14-12-7-11(13-3-2-4-16(24)23(13)14)9-22(10-12)15-5-6-19-17(18)21-15/h5-6,11-14,20H,2-4,7-10H2,1H3,(H2,18,19,21)/t11-,12+,13+,14+/m1/s1. The van der Waals surface area contributed by atoms with Crippen LogP contribution in [0.4, 0.5) is 11.8 Å². The van der Waals surface area contributed by atoms with E-state index in [1.807, 2.05) is 11.0 Å². The van der Waals surface area contributed by atoms with Crippen molar-refractivity contribution in [3.05, 3.63) is 12.3 Å². The highest BCUT2D eigenvalue weighted by Crippen LogP contribution is 2.42. The second-order valence-electron chi connectivity index (χ2n) is 7.88. The molecule has 27 heavy (non-hydrogen) atoms. The molecule has 1 aromatic rings. The zero-order valence-electron chi connectivity index (χ0n) is 15.4. The molecule has 4 atom stereocenters. The number of rotatable bonds is 4. The Kier molecular flexibility index (Phi) is 4.71. The molecule has 2 bridgehead atoms. The van der Waals surface area contributed by atoms with Gasteiger partial charge in [-0.1, -0.05) is 0 Å². The number of piperidine rings is 3. The molecule has 0 spiro atoms. The van der Waals surface area contributed by atoms with E-state index >= 15 is 0 Å². The van der Waals surface area contributed by atoms with Crippen molar-refractivity contribution in [3.63, 3.8) is 0 Å². The Balaban J connectivity index is 1.62. The van der Waals surface area contributed by atoms with Crippen molar-refractivity contribution < 1.29 is 13.2 Å². The number of hydrogen-bond donors (Lipinski definition) is 2. The highest BCUT2D eigenvalue weighted by atomic mass is 32.2. The van der Waals surface area contributed by atoms with Gasteiger partial charge in [0.05, 0.1) is 12.3 Å². The maximum atomic E-state index is 12.7. The summed E-state index contributed by atoms with van der Waals surface area (Å²) in [6, 6.07) is 1.89. The van der Waals surface area contributed by atoms with E-state index in [-0.39, 0.29) is 36.4 Å². The van der Waals surface area contributed by atoms with Crippen molar-refractivity contribution in [2.75, 3.05) is 36.5 Å². The predicted octanol–water partition coefficient (Wildman–Crippen LogP) is -0.186. The van der Waals surface area contributed by atoms with E-state index in [4.69, 9.17) is 5.73 Å². The van der Waals surface area contributed by atoms with Gasteiger partial charge in [-0.15, -0.1) is 0 Å². The zero-order chi connectivity index (χ0) is 19.2. The molecule has 0 aromatic carbocycles. The number of aromatic nitrogens is 2. The summed E-state index contributed by atoms with van der Waals surface area (Å²) in [7, 11) is -3.32. The van der Waals surface area contributed by atoms with Crippen molar-refractivity contribution >= 4 is 27.7 Å². The molecule has 0 saturated carbocycles. The lowest BCUT2D eigenvalue weighted by atomic mass is 9.72. The summed E-state index contributed by atoms with van der Waals surface area (Å²) in [5, 5.41) is 0. The molecule has 3 aliphatic heterocycles. The van der Waals surface area contributed by atoms with Crippen molar-refractivity contribution in [2.24, 2.45) is 11.8 Å². The maximum absolute atomic E-state index is 12.7. The Morgan fingerprint density at radius 3 is 2.85 bits per heavy atom. The van der Waals surface area contributed by atoms with Gasteiger partial charge in [0.1, 0.15) is 5.82 Å². The van der Waals surface area contributed by atoms with Crippen LogP contribution in [0.15, 0.2) is 12.3 Å². The van der Waals surface area contributed by atoms with E-state index < -0.39 is 10.0 Å². The number of nitrogen functional groups attached to an aromatic ring is 1. The third-order valence-corrected chi connectivity index (χ3v) is 6.73. The van der Waals surface area contributed by atoms with E-state index in [1.54, 1.807) is 6.20 Å². The summed E-state index contributed by atoms with van der Waals surface area (Å²) in [5.74, 6) is 1.74. The second kappa shape index (κ2) is 6.90. The first kappa shape index (κ1) is 18.4. The van der Waals surface area contributed by atoms with Crippen molar-refractivity contribution in [1.82, 2.24) is 19.6 Å². The first-order valence-electron chi connectivity index (χ1n) is 9.41. The van der Waals surface area contributed by atoms with E-state index in [2.05, 4.69) is 19.6 Å². The fraction of sp³-hybridized carbons (Fsp3) is 0.706. The average molecular weight is 395 g/mol. The van der Waals surface area contributed by atoms with Crippen molar-refractivity contribution in [2.45, 2.75) is 37.8 Å². The first-order chi connectivity index (χ1) is 12.8. The molecule has 9 nitrogen and oxygen atoms in total. The lowest BCUT2D eigenvalue weighted by molar-refractivity contribution is -0.148. The summed E-state index contributed by atoms with van der Waals surface area (Å²) in [6.45, 7) is 1.81. The van der Waals surface area contributed by atoms with Gasteiger partial charge in [-0.2, -0.15) is 4.98 Å². The molecule has 3 aliphatic rings. The number of carbonyl (C=O) groups excluding carboxylic acids is 1. The quantitative estimate of drug-likeness (QED) is 0.726. The number of fused-ring (bicyclic) bond motifs is 4. The summed E-state index contributed by atoms with van der Waals surface area (Å²) in [4.78, 5) is 25.2. The monoisotopic (exact) mass is 394 g/mol. The summed E-state index contributed by atoms with van der Waals surface area (Å²) in [5.41, 5.74) is 5.75. The Bertz CT molecular complexity index is 832. The minimum Gasteiger partial charge on any atom is -0.368 e. The van der Waals surface area contributed by atoms with Crippen LogP contribution >= 0.6 is 0 Å². The van der Waals surface area contributed by atoms with Crippen LogP contribution in [0.3, 0.4) is 0 Å². The van der Waals surface area contributed by atoms with Gasteiger partial charge in [0.25, 0.3) is 0 Å². The SMILES string of the molecule is CS(=O)(=O)NC[C@H]1[C@H]2C[C@H](CN(c3ccnc(N)n3)C2)[C@@H]2CCCC(=O)N21. The van der Waals surface area contributed by atoms with Crippen molar-refractivity contribution in [3.8, 4) is 0 Å². The third-order valence-electron chi connectivity index (χ3n) is 6.03. The lowest BCUT2D eigenvalue weighted by Crippen LogP contribution is -2.67. The average Bonchev–Trinajstić information content (AvgIpc) is 2.61. The van der Waals surface area contributed by atoms with Gasteiger partial charge in [-0.05, 0) is 37.2 Å². The number of amides is 1. The van der Waals surface area contributed by atoms with Crippen LogP contribution in [-0.4, -0.2) is 67.2 Å². The summed E-state index contributed by atoms with van der Waals surface area (Å²) >= 11 is 0. The Labute approximate surface area is 159 Å². The Morgan fingerprint density at radius 1 is 1.33 bits per heavy atom. The minimum absolute atomic E-state index is 0.129. The van der Waals surface area contributed by atoms with Gasteiger partial charge in [0, 0.05) is 38.3 Å². The van der Waals surface area contributed by atoms with Gasteiger partial charge < -0.3 is 15.5 Å². The van der Waals surface area contributed by atoms with E-state index in [9.17, 15) is 13.2 Å². The fourth-order valence-corrected chi connectivity index (χ4v) is 5.47. The molecular weight excluding hydrogens is 368 g/mol. The molecule has 0 radical (unpaired) electrons. The van der Waals surface area contributed by atoms with Gasteiger partial charge in [-0.25, -0.2) is 18.1 Å². The Morgan fingerprint density at radius 2 is 2.11 bits per heavy atom. The van der Waals surface area contributed by atoms with E-state index in [1.165, 1.54) is 0 Å². The number of nitrogens with two attached hydrogens (primary N) is 1. The van der Waals surface area contributed by atoms with Crippen LogP contribution < -0.4 is 15.4 Å². The van der Waals surface area contributed by atoms with Gasteiger partial charge in [0.15, 0.2) is 0 Å². The van der Waals surface area contributed by atoms with Gasteiger partial charge in [0.2, 0.25) is 21.9 Å². The van der Waals surface area contributed by atoms with Gasteiger partial charge >= 0.3 is 0 Å². The number of hydrogen-bond acceptors (Lipinski definition) is 7. The number of nitrogens with one attached hydrogen (secondary N) is 1. The molecule has 3 saturated heterocycles. The summed E-state index contributed by atoms with van der Waals surface area (Å²) in [6.07, 6.45) is 6.23. The largest absolute Gasteiger partial charge is 0.368 e. The van der Waals surface area contributed by atoms with E-state index in [0.29, 0.717) is 12.3 Å². The minimum atomic E-state index is -3.32. The maximum Gasteiger partial charge on any atom is 0.223 e. The first-order valence-corrected chi connectivity index (χ1v) is 11.3. The number of nitrogens with zero attached hydrogens (tertiary/aromatic N) is 4. The smallest absolute Gasteiger partial charge is 0.223 e. The summed E-state index contributed by atoms with van der Waals surface area (Å²) < 4.78 is 25.9. The Hall–Kier alpha value is -1.94. The number of sulfonamides is 1. The van der Waals surface area contributed by atoms with Crippen LogP contribution in [0.2, 0.25) is 0 Å². The zero-order valence-corrected chi connectivity index (χ0v) is 16.2. The predicted molar refractivity (Wildman–Crippen MR) is 101 cm³/mol. The van der Waals surface area contributed by atoms with Gasteiger partial charge in [-0.3, -0.25) is 4.79 Å². The number of carbonyl (C=O) groups is 1. The molecule has 10 heteroatoms. The molecule has 3 N–H and O–H groups in total. The van der Waals surface area contributed by atoms with E-state index in [0.717, 1.165) is 44.4 Å². The van der Waals surface area contributed by atoms with Crippen LogP contribution in [0.1, 0.15) is 25.7 Å². The third kappa shape index (κ3) is 3.73. The molecule has 0 unspecified atom stereocenters. The molecule has 4 rings (SSSR count). The molecule has 0 aliphatic carbocycles. The molecule has 3 fully saturated rings. The second-order valence-corrected chi connectivity index (χ2v) is 9.72. The molecule has 1 amide bonds. The van der Waals surface area contributed by atoms with Crippen LogP contribution in [0.5, 0.6) is 0 Å². The molecular formula is C17H26N6O3S. The molecule has 4 heterocycles. The highest BCUT2D eigenvalue weighted by molar-refractivity contribution is 7.88. The highest BCUT2D eigenvalue weighted by Gasteiger charge is 2.49. The van der Waals surface area contributed by atoms with Crippen LogP contribution in [-0.2, 0) is 14.8 Å². The molecule has 1 aromatic heterocycles. The normalized spacial score (nSPS) is 30.9.